The van der Waals surface area contributed by atoms with Gasteiger partial charge in [-0.05, 0) is 38.7 Å². The number of nitrogens with zero attached hydrogens (tertiary/aromatic N) is 2. The summed E-state index contributed by atoms with van der Waals surface area (Å²) in [6.07, 6.45) is 0.423. The van der Waals surface area contributed by atoms with Crippen LogP contribution in [0, 0.1) is 0 Å². The maximum absolute atomic E-state index is 9.98. The molecule has 6 heteroatoms. The highest BCUT2D eigenvalue weighted by Gasteiger charge is 2.32. The van der Waals surface area contributed by atoms with Crippen molar-refractivity contribution in [2.24, 2.45) is 5.73 Å². The van der Waals surface area contributed by atoms with Gasteiger partial charge in [0.1, 0.15) is 4.99 Å². The lowest BCUT2D eigenvalue weighted by Gasteiger charge is -2.30. The van der Waals surface area contributed by atoms with Crippen molar-refractivity contribution < 1.29 is 5.11 Å². The molecule has 0 bridgehead atoms. The Hall–Kier alpha value is -0.880. The Morgan fingerprint density at radius 3 is 2.85 bits per heavy atom. The quantitative estimate of drug-likeness (QED) is 0.825. The van der Waals surface area contributed by atoms with Crippen molar-refractivity contribution in [3.05, 3.63) is 28.8 Å². The standard InChI is InChI=1S/C14H20ClN3OS/c1-17(2)7-10-6-11(19)8-18(10)13-4-3-9(15)5-12(13)14(16)20/h3-5,10-11,19H,6-8H2,1-2H3,(H2,16,20). The fourth-order valence-corrected chi connectivity index (χ4v) is 3.07. The van der Waals surface area contributed by atoms with E-state index in [1.54, 1.807) is 6.07 Å². The SMILES string of the molecule is CN(C)CC1CC(O)CN1c1ccc(Cl)cc1C(N)=S. The predicted octanol–water partition coefficient (Wildman–Crippen LogP) is 1.48. The van der Waals surface area contributed by atoms with E-state index in [0.29, 0.717) is 16.6 Å². The van der Waals surface area contributed by atoms with E-state index in [4.69, 9.17) is 29.6 Å². The van der Waals surface area contributed by atoms with Crippen molar-refractivity contribution in [2.45, 2.75) is 18.6 Å². The largest absolute Gasteiger partial charge is 0.391 e. The van der Waals surface area contributed by atoms with E-state index >= 15 is 0 Å². The van der Waals surface area contributed by atoms with E-state index in [9.17, 15) is 5.11 Å². The number of likely N-dealkylation sites (N-methyl/N-ethyl adjacent to an activating group) is 1. The third-order valence-corrected chi connectivity index (χ3v) is 3.96. The molecule has 20 heavy (non-hydrogen) atoms. The molecule has 0 amide bonds. The van der Waals surface area contributed by atoms with Crippen LogP contribution in [-0.2, 0) is 0 Å². The maximum Gasteiger partial charge on any atom is 0.106 e. The van der Waals surface area contributed by atoms with Crippen LogP contribution in [0.2, 0.25) is 5.02 Å². The Labute approximate surface area is 130 Å². The summed E-state index contributed by atoms with van der Waals surface area (Å²) in [6, 6.07) is 5.79. The number of hydrogen-bond acceptors (Lipinski definition) is 4. The van der Waals surface area contributed by atoms with Gasteiger partial charge in [-0.1, -0.05) is 23.8 Å². The summed E-state index contributed by atoms with van der Waals surface area (Å²) < 4.78 is 0. The molecule has 1 heterocycles. The molecule has 1 aliphatic rings. The van der Waals surface area contributed by atoms with Crippen molar-refractivity contribution in [1.82, 2.24) is 4.90 Å². The summed E-state index contributed by atoms with van der Waals surface area (Å²) >= 11 is 11.1. The van der Waals surface area contributed by atoms with Gasteiger partial charge in [0.25, 0.3) is 0 Å². The summed E-state index contributed by atoms with van der Waals surface area (Å²) in [5.74, 6) is 0. The summed E-state index contributed by atoms with van der Waals surface area (Å²) in [5.41, 5.74) is 7.52. The number of β-amino-alcohol motifs (C(OH)–C–C–N with tert-alkyl or cyclic N) is 1. The van der Waals surface area contributed by atoms with E-state index in [1.165, 1.54) is 0 Å². The van der Waals surface area contributed by atoms with Gasteiger partial charge in [0.15, 0.2) is 0 Å². The highest BCUT2D eigenvalue weighted by atomic mass is 35.5. The molecule has 110 valence electrons. The van der Waals surface area contributed by atoms with E-state index in [2.05, 4.69) is 9.80 Å². The fraction of sp³-hybridized carbons (Fsp3) is 0.500. The lowest BCUT2D eigenvalue weighted by molar-refractivity contribution is 0.191. The second-order valence-corrected chi connectivity index (χ2v) is 6.36. The minimum atomic E-state index is -0.324. The van der Waals surface area contributed by atoms with Crippen molar-refractivity contribution in [2.75, 3.05) is 32.1 Å². The molecule has 1 aromatic rings. The summed E-state index contributed by atoms with van der Waals surface area (Å²) in [7, 11) is 4.05. The molecular formula is C14H20ClN3OS. The predicted molar refractivity (Wildman–Crippen MR) is 87.7 cm³/mol. The Morgan fingerprint density at radius 1 is 1.55 bits per heavy atom. The maximum atomic E-state index is 9.98. The minimum Gasteiger partial charge on any atom is -0.391 e. The van der Waals surface area contributed by atoms with E-state index in [1.807, 2.05) is 26.2 Å². The number of aliphatic hydroxyl groups is 1. The van der Waals surface area contributed by atoms with Crippen LogP contribution in [0.15, 0.2) is 18.2 Å². The number of rotatable bonds is 4. The molecule has 1 aromatic carbocycles. The molecule has 2 unspecified atom stereocenters. The third-order valence-electron chi connectivity index (χ3n) is 3.50. The molecule has 1 saturated heterocycles. The van der Waals surface area contributed by atoms with Crippen LogP contribution in [0.1, 0.15) is 12.0 Å². The van der Waals surface area contributed by atoms with Gasteiger partial charge in [-0.3, -0.25) is 0 Å². The Balaban J connectivity index is 2.36. The van der Waals surface area contributed by atoms with Gasteiger partial charge in [-0.15, -0.1) is 0 Å². The van der Waals surface area contributed by atoms with Gasteiger partial charge in [0, 0.05) is 35.4 Å². The first kappa shape index (κ1) is 15.5. The van der Waals surface area contributed by atoms with Gasteiger partial charge < -0.3 is 20.6 Å². The number of thiocarbonyl (C=S) groups is 1. The first-order valence-corrected chi connectivity index (χ1v) is 7.36. The van der Waals surface area contributed by atoms with E-state index in [-0.39, 0.29) is 12.1 Å². The molecule has 0 radical (unpaired) electrons. The Morgan fingerprint density at radius 2 is 2.25 bits per heavy atom. The van der Waals surface area contributed by atoms with Crippen molar-refractivity contribution in [1.29, 1.82) is 0 Å². The summed E-state index contributed by atoms with van der Waals surface area (Å²) in [5, 5.41) is 10.6. The van der Waals surface area contributed by atoms with Gasteiger partial charge in [0.05, 0.1) is 6.10 Å². The summed E-state index contributed by atoms with van der Waals surface area (Å²) in [4.78, 5) is 4.62. The van der Waals surface area contributed by atoms with E-state index < -0.39 is 0 Å². The van der Waals surface area contributed by atoms with Crippen molar-refractivity contribution in [3.8, 4) is 0 Å². The molecule has 0 aromatic heterocycles. The lowest BCUT2D eigenvalue weighted by Crippen LogP contribution is -2.38. The van der Waals surface area contributed by atoms with Crippen molar-refractivity contribution >= 4 is 34.5 Å². The second-order valence-electron chi connectivity index (χ2n) is 5.48. The topological polar surface area (TPSA) is 52.7 Å². The number of nitrogens with two attached hydrogens (primary N) is 1. The smallest absolute Gasteiger partial charge is 0.106 e. The lowest BCUT2D eigenvalue weighted by atomic mass is 10.1. The van der Waals surface area contributed by atoms with Crippen LogP contribution < -0.4 is 10.6 Å². The Bertz CT molecular complexity index is 509. The second kappa shape index (κ2) is 6.26. The van der Waals surface area contributed by atoms with Crippen LogP contribution in [0.4, 0.5) is 5.69 Å². The van der Waals surface area contributed by atoms with Crippen LogP contribution in [0.25, 0.3) is 0 Å². The first-order valence-electron chi connectivity index (χ1n) is 6.57. The first-order chi connectivity index (χ1) is 9.38. The van der Waals surface area contributed by atoms with Crippen LogP contribution in [0.5, 0.6) is 0 Å². The molecule has 0 saturated carbocycles. The molecule has 2 rings (SSSR count). The van der Waals surface area contributed by atoms with Gasteiger partial charge in [0.2, 0.25) is 0 Å². The monoisotopic (exact) mass is 313 g/mol. The Kier molecular flexibility index (Phi) is 4.86. The third kappa shape index (κ3) is 3.41. The van der Waals surface area contributed by atoms with Crippen LogP contribution in [0.3, 0.4) is 0 Å². The molecule has 2 atom stereocenters. The van der Waals surface area contributed by atoms with Gasteiger partial charge in [-0.25, -0.2) is 0 Å². The summed E-state index contributed by atoms with van der Waals surface area (Å²) in [6.45, 7) is 1.46. The number of aliphatic hydroxyl groups excluding tert-OH is 1. The number of hydrogen-bond donors (Lipinski definition) is 2. The average molecular weight is 314 g/mol. The average Bonchev–Trinajstić information content (AvgIpc) is 2.69. The molecule has 3 N–H and O–H groups in total. The molecule has 4 nitrogen and oxygen atoms in total. The number of anilines is 1. The number of benzene rings is 1. The highest BCUT2D eigenvalue weighted by Crippen LogP contribution is 2.31. The molecular weight excluding hydrogens is 294 g/mol. The normalized spacial score (nSPS) is 22.6. The molecule has 1 fully saturated rings. The fourth-order valence-electron chi connectivity index (χ4n) is 2.74. The number of halogens is 1. The van der Waals surface area contributed by atoms with Crippen LogP contribution >= 0.6 is 23.8 Å². The van der Waals surface area contributed by atoms with Crippen molar-refractivity contribution in [3.63, 3.8) is 0 Å². The zero-order valence-corrected chi connectivity index (χ0v) is 13.3. The van der Waals surface area contributed by atoms with Gasteiger partial charge >= 0.3 is 0 Å². The molecule has 0 aliphatic carbocycles. The minimum absolute atomic E-state index is 0.245. The molecule has 1 aliphatic heterocycles. The highest BCUT2D eigenvalue weighted by molar-refractivity contribution is 7.80. The van der Waals surface area contributed by atoms with Crippen LogP contribution in [-0.4, -0.2) is 54.3 Å². The molecule has 0 spiro atoms. The van der Waals surface area contributed by atoms with E-state index in [0.717, 1.165) is 24.2 Å². The zero-order chi connectivity index (χ0) is 14.9. The zero-order valence-electron chi connectivity index (χ0n) is 11.7. The van der Waals surface area contributed by atoms with Gasteiger partial charge in [-0.2, -0.15) is 0 Å².